The maximum Gasteiger partial charge on any atom is 0.231 e. The molecule has 1 aromatic rings. The molecule has 1 aliphatic carbocycles. The molecule has 3 aliphatic rings. The number of nitrogens with zero attached hydrogens (tertiary/aromatic N) is 2. The van der Waals surface area contributed by atoms with Crippen molar-refractivity contribution in [2.75, 3.05) is 40.1 Å². The van der Waals surface area contributed by atoms with Crippen LogP contribution >= 0.6 is 0 Å². The predicted molar refractivity (Wildman–Crippen MR) is 98.8 cm³/mol. The van der Waals surface area contributed by atoms with Crippen LogP contribution in [0.2, 0.25) is 0 Å². The van der Waals surface area contributed by atoms with Crippen molar-refractivity contribution in [3.63, 3.8) is 0 Å². The molecule has 6 heteroatoms. The average molecular weight is 362 g/mol. The Morgan fingerprint density at radius 1 is 1.19 bits per heavy atom. The van der Waals surface area contributed by atoms with Crippen LogP contribution in [0.15, 0.2) is 12.1 Å². The summed E-state index contributed by atoms with van der Waals surface area (Å²) < 4.78 is 16.5. The summed E-state index contributed by atoms with van der Waals surface area (Å²) in [5.41, 5.74) is 1.18. The number of benzene rings is 1. The van der Waals surface area contributed by atoms with E-state index in [-0.39, 0.29) is 13.4 Å². The molecule has 2 fully saturated rings. The Labute approximate surface area is 155 Å². The SMILES string of the molecule is COc1cc(CN2CCN(C3CCCC3)[C@H](CCO)C2)cc2c1OCO2. The highest BCUT2D eigenvalue weighted by atomic mass is 16.7. The molecule has 1 saturated carbocycles. The standard InChI is InChI=1S/C20H30N2O4/c1-24-18-10-15(11-19-20(18)26-14-25-19)12-21-7-8-22(16-4-2-3-5-16)17(13-21)6-9-23/h10-11,16-17,23H,2-9,12-14H2,1H3/t17-/m1/s1. The highest BCUT2D eigenvalue weighted by molar-refractivity contribution is 5.55. The Bertz CT molecular complexity index is 618. The quantitative estimate of drug-likeness (QED) is 0.838. The van der Waals surface area contributed by atoms with Gasteiger partial charge >= 0.3 is 0 Å². The molecule has 0 bridgehead atoms. The van der Waals surface area contributed by atoms with Crippen LogP contribution in [0.25, 0.3) is 0 Å². The van der Waals surface area contributed by atoms with Crippen molar-refractivity contribution in [2.24, 2.45) is 0 Å². The number of hydrogen-bond donors (Lipinski definition) is 1. The minimum atomic E-state index is 0.258. The van der Waals surface area contributed by atoms with Gasteiger partial charge in [0.15, 0.2) is 11.5 Å². The summed E-state index contributed by atoms with van der Waals surface area (Å²) >= 11 is 0. The lowest BCUT2D eigenvalue weighted by Crippen LogP contribution is -2.55. The fourth-order valence-corrected chi connectivity index (χ4v) is 4.73. The van der Waals surface area contributed by atoms with Crippen molar-refractivity contribution in [1.82, 2.24) is 9.80 Å². The van der Waals surface area contributed by atoms with E-state index in [1.54, 1.807) is 7.11 Å². The van der Waals surface area contributed by atoms with Crippen molar-refractivity contribution >= 4 is 0 Å². The second-order valence-corrected chi connectivity index (χ2v) is 7.61. The van der Waals surface area contributed by atoms with E-state index in [4.69, 9.17) is 14.2 Å². The van der Waals surface area contributed by atoms with Crippen molar-refractivity contribution in [1.29, 1.82) is 0 Å². The Morgan fingerprint density at radius 2 is 2.04 bits per heavy atom. The molecule has 1 aromatic carbocycles. The van der Waals surface area contributed by atoms with Gasteiger partial charge in [0, 0.05) is 44.9 Å². The molecule has 2 aliphatic heterocycles. The smallest absolute Gasteiger partial charge is 0.231 e. The predicted octanol–water partition coefficient (Wildman–Crippen LogP) is 2.24. The van der Waals surface area contributed by atoms with Crippen molar-refractivity contribution in [2.45, 2.75) is 50.7 Å². The molecule has 0 amide bonds. The zero-order valence-corrected chi connectivity index (χ0v) is 15.7. The summed E-state index contributed by atoms with van der Waals surface area (Å²) in [7, 11) is 1.67. The number of fused-ring (bicyclic) bond motifs is 1. The summed E-state index contributed by atoms with van der Waals surface area (Å²) in [4.78, 5) is 5.16. The van der Waals surface area contributed by atoms with Gasteiger partial charge in [-0.25, -0.2) is 0 Å². The third kappa shape index (κ3) is 3.63. The van der Waals surface area contributed by atoms with Crippen LogP contribution in [0, 0.1) is 0 Å². The first-order chi connectivity index (χ1) is 12.8. The normalized spacial score (nSPS) is 24.3. The van der Waals surface area contributed by atoms with Crippen LogP contribution in [0.5, 0.6) is 17.2 Å². The molecule has 6 nitrogen and oxygen atoms in total. The number of piperazine rings is 1. The van der Waals surface area contributed by atoms with Gasteiger partial charge in [-0.2, -0.15) is 0 Å². The molecular formula is C20H30N2O4. The van der Waals surface area contributed by atoms with E-state index >= 15 is 0 Å². The first kappa shape index (κ1) is 17.9. The topological polar surface area (TPSA) is 54.4 Å². The van der Waals surface area contributed by atoms with E-state index in [1.165, 1.54) is 31.2 Å². The summed E-state index contributed by atoms with van der Waals surface area (Å²) in [5, 5.41) is 9.54. The fraction of sp³-hybridized carbons (Fsp3) is 0.700. The number of methoxy groups -OCH3 is 1. The van der Waals surface area contributed by atoms with Gasteiger partial charge in [0.2, 0.25) is 12.5 Å². The molecular weight excluding hydrogens is 332 g/mol. The molecule has 26 heavy (non-hydrogen) atoms. The zero-order chi connectivity index (χ0) is 17.9. The first-order valence-electron chi connectivity index (χ1n) is 9.84. The van der Waals surface area contributed by atoms with E-state index in [2.05, 4.69) is 21.9 Å². The Morgan fingerprint density at radius 3 is 2.81 bits per heavy atom. The molecule has 0 unspecified atom stereocenters. The van der Waals surface area contributed by atoms with Gasteiger partial charge in [-0.3, -0.25) is 9.80 Å². The maximum atomic E-state index is 9.54. The van der Waals surface area contributed by atoms with Gasteiger partial charge in [-0.1, -0.05) is 12.8 Å². The summed E-state index contributed by atoms with van der Waals surface area (Å²) in [5.74, 6) is 2.22. The van der Waals surface area contributed by atoms with Crippen molar-refractivity contribution in [3.05, 3.63) is 17.7 Å². The van der Waals surface area contributed by atoms with Crippen LogP contribution in [0.1, 0.15) is 37.7 Å². The highest BCUT2D eigenvalue weighted by Crippen LogP contribution is 2.42. The summed E-state index contributed by atoms with van der Waals surface area (Å²) in [6.45, 7) is 4.56. The first-order valence-corrected chi connectivity index (χ1v) is 9.84. The lowest BCUT2D eigenvalue weighted by Gasteiger charge is -2.44. The van der Waals surface area contributed by atoms with Crippen LogP contribution in [-0.2, 0) is 6.54 Å². The summed E-state index contributed by atoms with van der Waals surface area (Å²) in [6.07, 6.45) is 6.21. The largest absolute Gasteiger partial charge is 0.493 e. The number of hydrogen-bond acceptors (Lipinski definition) is 6. The second kappa shape index (κ2) is 8.03. The fourth-order valence-electron chi connectivity index (χ4n) is 4.73. The Kier molecular flexibility index (Phi) is 5.52. The molecule has 1 N–H and O–H groups in total. The van der Waals surface area contributed by atoms with E-state index in [1.807, 2.05) is 0 Å². The van der Waals surface area contributed by atoms with E-state index < -0.39 is 0 Å². The number of ether oxygens (including phenoxy) is 3. The third-order valence-electron chi connectivity index (χ3n) is 5.99. The molecule has 2 heterocycles. The molecule has 0 aromatic heterocycles. The Hall–Kier alpha value is -1.50. The van der Waals surface area contributed by atoms with E-state index in [9.17, 15) is 5.11 Å². The van der Waals surface area contributed by atoms with Crippen LogP contribution in [0.3, 0.4) is 0 Å². The average Bonchev–Trinajstić information content (AvgIpc) is 3.33. The minimum Gasteiger partial charge on any atom is -0.493 e. The zero-order valence-electron chi connectivity index (χ0n) is 15.7. The van der Waals surface area contributed by atoms with E-state index in [0.29, 0.717) is 11.8 Å². The van der Waals surface area contributed by atoms with Crippen molar-refractivity contribution < 1.29 is 19.3 Å². The molecule has 0 spiro atoms. The van der Waals surface area contributed by atoms with Crippen LogP contribution < -0.4 is 14.2 Å². The second-order valence-electron chi connectivity index (χ2n) is 7.61. The molecule has 0 radical (unpaired) electrons. The molecule has 1 saturated heterocycles. The molecule has 4 rings (SSSR count). The lowest BCUT2D eigenvalue weighted by atomic mass is 10.0. The maximum absolute atomic E-state index is 9.54. The third-order valence-corrected chi connectivity index (χ3v) is 5.99. The van der Waals surface area contributed by atoms with Gasteiger partial charge < -0.3 is 19.3 Å². The van der Waals surface area contributed by atoms with Crippen molar-refractivity contribution in [3.8, 4) is 17.2 Å². The lowest BCUT2D eigenvalue weighted by molar-refractivity contribution is 0.0267. The van der Waals surface area contributed by atoms with Crippen LogP contribution in [-0.4, -0.2) is 67.1 Å². The number of aliphatic hydroxyl groups excluding tert-OH is 1. The highest BCUT2D eigenvalue weighted by Gasteiger charge is 2.33. The van der Waals surface area contributed by atoms with E-state index in [0.717, 1.165) is 50.1 Å². The number of rotatable bonds is 6. The Balaban J connectivity index is 1.44. The summed E-state index contributed by atoms with van der Waals surface area (Å²) in [6, 6.07) is 5.29. The minimum absolute atomic E-state index is 0.258. The van der Waals surface area contributed by atoms with Gasteiger partial charge in [-0.05, 0) is 37.0 Å². The number of aliphatic hydroxyl groups is 1. The van der Waals surface area contributed by atoms with Gasteiger partial charge in [0.05, 0.1) is 7.11 Å². The van der Waals surface area contributed by atoms with Crippen LogP contribution in [0.4, 0.5) is 0 Å². The van der Waals surface area contributed by atoms with Gasteiger partial charge in [-0.15, -0.1) is 0 Å². The molecule has 144 valence electrons. The molecule has 1 atom stereocenters. The monoisotopic (exact) mass is 362 g/mol. The van der Waals surface area contributed by atoms with Gasteiger partial charge in [0.25, 0.3) is 0 Å². The van der Waals surface area contributed by atoms with Gasteiger partial charge in [0.1, 0.15) is 0 Å².